The van der Waals surface area contributed by atoms with Crippen LogP contribution >= 0.6 is 0 Å². The van der Waals surface area contributed by atoms with Gasteiger partial charge in [0.2, 0.25) is 0 Å². The van der Waals surface area contributed by atoms with Gasteiger partial charge in [-0.1, -0.05) is 19.9 Å². The van der Waals surface area contributed by atoms with Crippen LogP contribution in [-0.4, -0.2) is 37.2 Å². The summed E-state index contributed by atoms with van der Waals surface area (Å²) in [4.78, 5) is 14.1. The van der Waals surface area contributed by atoms with Crippen LogP contribution in [0.2, 0.25) is 0 Å². The van der Waals surface area contributed by atoms with Crippen LogP contribution in [0.5, 0.6) is 5.75 Å². The molecule has 1 aromatic carbocycles. The Morgan fingerprint density at radius 1 is 1.18 bits per heavy atom. The fourth-order valence-electron chi connectivity index (χ4n) is 3.28. The predicted molar refractivity (Wildman–Crippen MR) is 89.3 cm³/mol. The standard InChI is InChI=1S/C18H28N2O2/c1-13-7-14(2)10-17(9-13)22-6-5-19-18(21)20-11-15(3)8-16(4)12-20/h7,9-10,15-16H,5-6,8,11-12H2,1-4H3,(H,19,21). The van der Waals surface area contributed by atoms with Crippen LogP contribution in [0.15, 0.2) is 18.2 Å². The summed E-state index contributed by atoms with van der Waals surface area (Å²) in [6.07, 6.45) is 1.21. The molecule has 0 aliphatic carbocycles. The van der Waals surface area contributed by atoms with E-state index in [-0.39, 0.29) is 6.03 Å². The Morgan fingerprint density at radius 2 is 1.77 bits per heavy atom. The Hall–Kier alpha value is -1.71. The maximum atomic E-state index is 12.2. The molecule has 1 heterocycles. The zero-order valence-corrected chi connectivity index (χ0v) is 14.2. The number of nitrogens with one attached hydrogen (secondary N) is 1. The number of piperidine rings is 1. The van der Waals surface area contributed by atoms with Crippen molar-refractivity contribution in [1.82, 2.24) is 10.2 Å². The largest absolute Gasteiger partial charge is 0.492 e. The van der Waals surface area contributed by atoms with Gasteiger partial charge in [0.05, 0.1) is 6.54 Å². The lowest BCUT2D eigenvalue weighted by atomic mass is 9.92. The monoisotopic (exact) mass is 304 g/mol. The van der Waals surface area contributed by atoms with E-state index in [1.807, 2.05) is 17.0 Å². The Kier molecular flexibility index (Phi) is 5.69. The minimum Gasteiger partial charge on any atom is -0.492 e. The van der Waals surface area contributed by atoms with Gasteiger partial charge in [-0.15, -0.1) is 0 Å². The lowest BCUT2D eigenvalue weighted by Crippen LogP contribution is -2.48. The van der Waals surface area contributed by atoms with Gasteiger partial charge in [0.15, 0.2) is 0 Å². The average Bonchev–Trinajstić information content (AvgIpc) is 2.41. The van der Waals surface area contributed by atoms with E-state index in [2.05, 4.69) is 39.1 Å². The fraction of sp³-hybridized carbons (Fsp3) is 0.611. The van der Waals surface area contributed by atoms with Crippen LogP contribution in [-0.2, 0) is 0 Å². The number of hydrogen-bond donors (Lipinski definition) is 1. The molecule has 1 saturated heterocycles. The van der Waals surface area contributed by atoms with E-state index in [1.165, 1.54) is 17.5 Å². The maximum Gasteiger partial charge on any atom is 0.317 e. The molecule has 2 rings (SSSR count). The molecule has 2 amide bonds. The second-order valence-corrected chi connectivity index (χ2v) is 6.75. The highest BCUT2D eigenvalue weighted by Gasteiger charge is 2.24. The fourth-order valence-corrected chi connectivity index (χ4v) is 3.28. The van der Waals surface area contributed by atoms with E-state index in [0.29, 0.717) is 25.0 Å². The number of nitrogens with zero attached hydrogens (tertiary/aromatic N) is 1. The summed E-state index contributed by atoms with van der Waals surface area (Å²) in [7, 11) is 0. The molecule has 0 spiro atoms. The van der Waals surface area contributed by atoms with E-state index < -0.39 is 0 Å². The van der Waals surface area contributed by atoms with Crippen LogP contribution < -0.4 is 10.1 Å². The molecular weight excluding hydrogens is 276 g/mol. The molecule has 22 heavy (non-hydrogen) atoms. The number of carbonyl (C=O) groups excluding carboxylic acids is 1. The van der Waals surface area contributed by atoms with Gasteiger partial charge in [-0.05, 0) is 55.4 Å². The van der Waals surface area contributed by atoms with Gasteiger partial charge in [0, 0.05) is 13.1 Å². The van der Waals surface area contributed by atoms with Crippen LogP contribution in [0.3, 0.4) is 0 Å². The van der Waals surface area contributed by atoms with E-state index in [9.17, 15) is 4.79 Å². The molecule has 0 saturated carbocycles. The highest BCUT2D eigenvalue weighted by Crippen LogP contribution is 2.20. The first kappa shape index (κ1) is 16.7. The van der Waals surface area contributed by atoms with Gasteiger partial charge in [0.1, 0.15) is 12.4 Å². The Labute approximate surface area is 133 Å². The molecule has 0 bridgehead atoms. The van der Waals surface area contributed by atoms with Crippen molar-refractivity contribution in [2.24, 2.45) is 11.8 Å². The van der Waals surface area contributed by atoms with Crippen molar-refractivity contribution in [3.8, 4) is 5.75 Å². The van der Waals surface area contributed by atoms with Crippen molar-refractivity contribution < 1.29 is 9.53 Å². The summed E-state index contributed by atoms with van der Waals surface area (Å²) in [5.74, 6) is 2.04. The molecule has 4 heteroatoms. The second-order valence-electron chi connectivity index (χ2n) is 6.75. The number of urea groups is 1. The lowest BCUT2D eigenvalue weighted by Gasteiger charge is -2.34. The minimum atomic E-state index is 0.0300. The van der Waals surface area contributed by atoms with Gasteiger partial charge in [-0.3, -0.25) is 0 Å². The molecule has 1 aromatic rings. The molecule has 0 aromatic heterocycles. The van der Waals surface area contributed by atoms with Gasteiger partial charge in [-0.2, -0.15) is 0 Å². The SMILES string of the molecule is Cc1cc(C)cc(OCCNC(=O)N2CC(C)CC(C)C2)c1. The van der Waals surface area contributed by atoms with Gasteiger partial charge < -0.3 is 15.0 Å². The Balaban J connectivity index is 1.73. The van der Waals surface area contributed by atoms with E-state index in [0.717, 1.165) is 18.8 Å². The third-order valence-electron chi connectivity index (χ3n) is 4.00. The van der Waals surface area contributed by atoms with Crippen LogP contribution in [0, 0.1) is 25.7 Å². The molecule has 0 radical (unpaired) electrons. The zero-order chi connectivity index (χ0) is 16.1. The molecule has 2 unspecified atom stereocenters. The van der Waals surface area contributed by atoms with Crippen molar-refractivity contribution in [2.45, 2.75) is 34.1 Å². The number of aryl methyl sites for hydroxylation is 2. The number of hydrogen-bond acceptors (Lipinski definition) is 2. The third kappa shape index (κ3) is 4.93. The molecule has 1 aliphatic heterocycles. The van der Waals surface area contributed by atoms with Crippen molar-refractivity contribution in [3.05, 3.63) is 29.3 Å². The Morgan fingerprint density at radius 3 is 2.36 bits per heavy atom. The minimum absolute atomic E-state index is 0.0300. The summed E-state index contributed by atoms with van der Waals surface area (Å²) in [6.45, 7) is 11.3. The zero-order valence-electron chi connectivity index (χ0n) is 14.2. The average molecular weight is 304 g/mol. The molecule has 1 aliphatic rings. The number of likely N-dealkylation sites (tertiary alicyclic amines) is 1. The lowest BCUT2D eigenvalue weighted by molar-refractivity contribution is 0.145. The van der Waals surface area contributed by atoms with Crippen molar-refractivity contribution in [1.29, 1.82) is 0 Å². The topological polar surface area (TPSA) is 41.6 Å². The first-order valence-corrected chi connectivity index (χ1v) is 8.18. The number of benzene rings is 1. The number of amides is 2. The number of carbonyl (C=O) groups is 1. The quantitative estimate of drug-likeness (QED) is 0.867. The van der Waals surface area contributed by atoms with Gasteiger partial charge in [-0.25, -0.2) is 4.79 Å². The van der Waals surface area contributed by atoms with Gasteiger partial charge in [0.25, 0.3) is 0 Å². The highest BCUT2D eigenvalue weighted by atomic mass is 16.5. The molecule has 1 N–H and O–H groups in total. The third-order valence-corrected chi connectivity index (χ3v) is 4.00. The van der Waals surface area contributed by atoms with Crippen LogP contribution in [0.25, 0.3) is 0 Å². The van der Waals surface area contributed by atoms with Gasteiger partial charge >= 0.3 is 6.03 Å². The summed E-state index contributed by atoms with van der Waals surface area (Å²) in [5, 5.41) is 2.95. The van der Waals surface area contributed by atoms with Crippen molar-refractivity contribution in [2.75, 3.05) is 26.2 Å². The summed E-state index contributed by atoms with van der Waals surface area (Å²) >= 11 is 0. The normalized spacial score (nSPS) is 21.5. The molecular formula is C18H28N2O2. The molecule has 1 fully saturated rings. The van der Waals surface area contributed by atoms with E-state index in [1.54, 1.807) is 0 Å². The molecule has 4 nitrogen and oxygen atoms in total. The predicted octanol–water partition coefficient (Wildman–Crippen LogP) is 3.37. The molecule has 2 atom stereocenters. The summed E-state index contributed by atoms with van der Waals surface area (Å²) in [6, 6.07) is 6.18. The first-order chi connectivity index (χ1) is 10.4. The second kappa shape index (κ2) is 7.52. The first-order valence-electron chi connectivity index (χ1n) is 8.18. The number of rotatable bonds is 4. The van der Waals surface area contributed by atoms with E-state index >= 15 is 0 Å². The summed E-state index contributed by atoms with van der Waals surface area (Å²) in [5.41, 5.74) is 2.38. The Bertz CT molecular complexity index is 486. The van der Waals surface area contributed by atoms with Crippen molar-refractivity contribution in [3.63, 3.8) is 0 Å². The molecule has 122 valence electrons. The summed E-state index contributed by atoms with van der Waals surface area (Å²) < 4.78 is 5.71. The van der Waals surface area contributed by atoms with Crippen LogP contribution in [0.1, 0.15) is 31.4 Å². The number of ether oxygens (including phenoxy) is 1. The van der Waals surface area contributed by atoms with Crippen molar-refractivity contribution >= 4 is 6.03 Å². The van der Waals surface area contributed by atoms with E-state index in [4.69, 9.17) is 4.74 Å². The van der Waals surface area contributed by atoms with Crippen LogP contribution in [0.4, 0.5) is 4.79 Å². The maximum absolute atomic E-state index is 12.2. The highest BCUT2D eigenvalue weighted by molar-refractivity contribution is 5.74. The smallest absolute Gasteiger partial charge is 0.317 e.